The van der Waals surface area contributed by atoms with Crippen LogP contribution in [0.4, 0.5) is 5.13 Å². The number of nitrogens with two attached hydrogens (primary N) is 1. The molecule has 1 heterocycles. The molecular weight excluding hydrogens is 252 g/mol. The average Bonchev–Trinajstić information content (AvgIpc) is 2.83. The Kier molecular flexibility index (Phi) is 3.05. The Hall–Kier alpha value is -2.13. The highest BCUT2D eigenvalue weighted by molar-refractivity contribution is 7.13. The molecule has 0 saturated carbocycles. The van der Waals surface area contributed by atoms with Gasteiger partial charge < -0.3 is 5.73 Å². The number of hydrogen-bond donors (Lipinski definition) is 1. The van der Waals surface area contributed by atoms with Crippen molar-refractivity contribution in [1.82, 2.24) is 4.98 Å². The number of nitrogens with zero attached hydrogens (tertiary/aromatic N) is 1. The van der Waals surface area contributed by atoms with Crippen molar-refractivity contribution in [3.05, 3.63) is 58.6 Å². The summed E-state index contributed by atoms with van der Waals surface area (Å²) in [6.45, 7) is 2.13. The van der Waals surface area contributed by atoms with Gasteiger partial charge in [-0.2, -0.15) is 0 Å². The molecule has 94 valence electrons. The normalized spacial score (nSPS) is 11.4. The highest BCUT2D eigenvalue weighted by Crippen LogP contribution is 2.24. The van der Waals surface area contributed by atoms with Crippen molar-refractivity contribution >= 4 is 39.4 Å². The fraction of sp³-hybridized carbons (Fsp3) is 0.0625. The van der Waals surface area contributed by atoms with Crippen molar-refractivity contribution in [1.29, 1.82) is 0 Å². The Morgan fingerprint density at radius 3 is 2.74 bits per heavy atom. The fourth-order valence-electron chi connectivity index (χ4n) is 2.17. The molecule has 0 aliphatic rings. The Labute approximate surface area is 116 Å². The topological polar surface area (TPSA) is 38.9 Å². The number of thiazole rings is 1. The predicted octanol–water partition coefficient (Wildman–Crippen LogP) is 4.36. The third-order valence-electron chi connectivity index (χ3n) is 3.15. The van der Waals surface area contributed by atoms with Gasteiger partial charge in [0, 0.05) is 5.38 Å². The molecule has 2 aromatic carbocycles. The van der Waals surface area contributed by atoms with Gasteiger partial charge in [-0.15, -0.1) is 11.3 Å². The molecule has 19 heavy (non-hydrogen) atoms. The molecule has 0 unspecified atom stereocenters. The third-order valence-corrected chi connectivity index (χ3v) is 3.84. The lowest BCUT2D eigenvalue weighted by atomic mass is 9.99. The highest BCUT2D eigenvalue weighted by Gasteiger charge is 2.01. The van der Waals surface area contributed by atoms with E-state index in [1.54, 1.807) is 0 Å². The van der Waals surface area contributed by atoms with E-state index in [0.717, 1.165) is 5.69 Å². The van der Waals surface area contributed by atoms with Gasteiger partial charge in [-0.3, -0.25) is 0 Å². The molecule has 3 rings (SSSR count). The average molecular weight is 266 g/mol. The lowest BCUT2D eigenvalue weighted by molar-refractivity contribution is 1.39. The van der Waals surface area contributed by atoms with Gasteiger partial charge in [0.2, 0.25) is 0 Å². The maximum absolute atomic E-state index is 5.64. The van der Waals surface area contributed by atoms with Crippen LogP contribution in [0.3, 0.4) is 0 Å². The standard InChI is InChI=1S/C16H14N2S/c1-11-6-7-12-4-2-3-5-15(12)14(11)9-8-13-10-19-16(17)18-13/h2-10H,1H3,(H2,17,18)/b9-8+. The summed E-state index contributed by atoms with van der Waals surface area (Å²) in [5.41, 5.74) is 9.06. The van der Waals surface area contributed by atoms with Crippen molar-refractivity contribution in [3.8, 4) is 0 Å². The van der Waals surface area contributed by atoms with Gasteiger partial charge in [-0.25, -0.2) is 4.98 Å². The smallest absolute Gasteiger partial charge is 0.180 e. The molecule has 0 aliphatic carbocycles. The third kappa shape index (κ3) is 2.37. The van der Waals surface area contributed by atoms with Gasteiger partial charge in [0.1, 0.15) is 0 Å². The second-order valence-electron chi connectivity index (χ2n) is 4.46. The van der Waals surface area contributed by atoms with E-state index in [1.807, 2.05) is 11.5 Å². The summed E-state index contributed by atoms with van der Waals surface area (Å²) in [6.07, 6.45) is 4.13. The second-order valence-corrected chi connectivity index (χ2v) is 5.35. The number of nitrogen functional groups attached to an aromatic ring is 1. The number of rotatable bonds is 2. The minimum atomic E-state index is 0.606. The minimum Gasteiger partial charge on any atom is -0.375 e. The first kappa shape index (κ1) is 11.9. The molecule has 0 radical (unpaired) electrons. The van der Waals surface area contributed by atoms with Crippen LogP contribution in [0.1, 0.15) is 16.8 Å². The van der Waals surface area contributed by atoms with Crippen molar-refractivity contribution in [3.63, 3.8) is 0 Å². The molecular formula is C16H14N2S. The molecule has 2 N–H and O–H groups in total. The zero-order valence-electron chi connectivity index (χ0n) is 10.6. The van der Waals surface area contributed by atoms with Gasteiger partial charge in [0.15, 0.2) is 5.13 Å². The summed E-state index contributed by atoms with van der Waals surface area (Å²) in [4.78, 5) is 4.24. The number of anilines is 1. The summed E-state index contributed by atoms with van der Waals surface area (Å²) >= 11 is 1.46. The molecule has 0 fully saturated rings. The molecule has 1 aromatic heterocycles. The van der Waals surface area contributed by atoms with E-state index < -0.39 is 0 Å². The summed E-state index contributed by atoms with van der Waals surface area (Å²) in [6, 6.07) is 12.7. The van der Waals surface area contributed by atoms with E-state index in [9.17, 15) is 0 Å². The highest BCUT2D eigenvalue weighted by atomic mass is 32.1. The Morgan fingerprint density at radius 2 is 1.95 bits per heavy atom. The zero-order chi connectivity index (χ0) is 13.2. The largest absolute Gasteiger partial charge is 0.375 e. The van der Waals surface area contributed by atoms with E-state index in [4.69, 9.17) is 5.73 Å². The molecule has 3 aromatic rings. The minimum absolute atomic E-state index is 0.606. The monoisotopic (exact) mass is 266 g/mol. The van der Waals surface area contributed by atoms with Crippen LogP contribution < -0.4 is 5.73 Å². The van der Waals surface area contributed by atoms with Crippen molar-refractivity contribution in [2.45, 2.75) is 6.92 Å². The van der Waals surface area contributed by atoms with Crippen molar-refractivity contribution in [2.24, 2.45) is 0 Å². The summed E-state index contributed by atoms with van der Waals surface area (Å²) in [5, 5.41) is 5.09. The summed E-state index contributed by atoms with van der Waals surface area (Å²) in [7, 11) is 0. The first-order chi connectivity index (χ1) is 9.24. The van der Waals surface area contributed by atoms with Crippen LogP contribution in [0.5, 0.6) is 0 Å². The predicted molar refractivity (Wildman–Crippen MR) is 84.1 cm³/mol. The van der Waals surface area contributed by atoms with E-state index in [1.165, 1.54) is 33.2 Å². The first-order valence-electron chi connectivity index (χ1n) is 6.11. The van der Waals surface area contributed by atoms with E-state index in [2.05, 4.69) is 54.4 Å². The Morgan fingerprint density at radius 1 is 1.11 bits per heavy atom. The number of aryl methyl sites for hydroxylation is 1. The lowest BCUT2D eigenvalue weighted by Crippen LogP contribution is -1.84. The molecule has 0 bridgehead atoms. The molecule has 0 atom stereocenters. The van der Waals surface area contributed by atoms with E-state index in [-0.39, 0.29) is 0 Å². The summed E-state index contributed by atoms with van der Waals surface area (Å²) in [5.74, 6) is 0. The molecule has 0 spiro atoms. The van der Waals surface area contributed by atoms with Gasteiger partial charge in [-0.05, 0) is 34.9 Å². The number of fused-ring (bicyclic) bond motifs is 1. The molecule has 0 saturated heterocycles. The Bertz CT molecular complexity index is 756. The van der Waals surface area contributed by atoms with Crippen LogP contribution >= 0.6 is 11.3 Å². The van der Waals surface area contributed by atoms with Crippen LogP contribution in [-0.2, 0) is 0 Å². The van der Waals surface area contributed by atoms with Crippen LogP contribution in [0.25, 0.3) is 22.9 Å². The summed E-state index contributed by atoms with van der Waals surface area (Å²) < 4.78 is 0. The zero-order valence-corrected chi connectivity index (χ0v) is 11.4. The van der Waals surface area contributed by atoms with E-state index >= 15 is 0 Å². The number of benzene rings is 2. The quantitative estimate of drug-likeness (QED) is 0.748. The van der Waals surface area contributed by atoms with E-state index in [0.29, 0.717) is 5.13 Å². The molecule has 2 nitrogen and oxygen atoms in total. The maximum atomic E-state index is 5.64. The van der Waals surface area contributed by atoms with Crippen LogP contribution in [0.15, 0.2) is 41.8 Å². The molecule has 3 heteroatoms. The second kappa shape index (κ2) is 4.86. The van der Waals surface area contributed by atoms with Gasteiger partial charge in [-0.1, -0.05) is 42.5 Å². The van der Waals surface area contributed by atoms with Gasteiger partial charge >= 0.3 is 0 Å². The fourth-order valence-corrected chi connectivity index (χ4v) is 2.70. The van der Waals surface area contributed by atoms with Crippen LogP contribution in [-0.4, -0.2) is 4.98 Å². The molecule has 0 amide bonds. The first-order valence-corrected chi connectivity index (χ1v) is 6.99. The van der Waals surface area contributed by atoms with Gasteiger partial charge in [0.05, 0.1) is 5.69 Å². The Balaban J connectivity index is 2.09. The SMILES string of the molecule is Cc1ccc2ccccc2c1/C=C/c1csc(N)n1. The number of hydrogen-bond acceptors (Lipinski definition) is 3. The van der Waals surface area contributed by atoms with Crippen molar-refractivity contribution in [2.75, 3.05) is 5.73 Å². The maximum Gasteiger partial charge on any atom is 0.180 e. The molecule has 0 aliphatic heterocycles. The van der Waals surface area contributed by atoms with Crippen LogP contribution in [0, 0.1) is 6.92 Å². The van der Waals surface area contributed by atoms with Gasteiger partial charge in [0.25, 0.3) is 0 Å². The van der Waals surface area contributed by atoms with Crippen LogP contribution in [0.2, 0.25) is 0 Å². The number of aromatic nitrogens is 1. The lowest BCUT2D eigenvalue weighted by Gasteiger charge is -2.05. The van der Waals surface area contributed by atoms with Crippen molar-refractivity contribution < 1.29 is 0 Å².